The predicted octanol–water partition coefficient (Wildman–Crippen LogP) is 3.84. The Balaban J connectivity index is 1.65. The average Bonchev–Trinajstić information content (AvgIpc) is 2.82. The normalized spacial score (nSPS) is 25.3. The first kappa shape index (κ1) is 13.6. The Morgan fingerprint density at radius 2 is 2.16 bits per heavy atom. The van der Waals surface area contributed by atoms with Crippen LogP contribution in [0.2, 0.25) is 0 Å². The summed E-state index contributed by atoms with van der Waals surface area (Å²) in [5.41, 5.74) is 3.40. The van der Waals surface area contributed by atoms with Gasteiger partial charge in [0.25, 0.3) is 0 Å². The van der Waals surface area contributed by atoms with Crippen LogP contribution >= 0.6 is 15.9 Å². The van der Waals surface area contributed by atoms with Gasteiger partial charge in [0, 0.05) is 30.3 Å². The molecule has 1 aliphatic carbocycles. The van der Waals surface area contributed by atoms with Crippen molar-refractivity contribution in [3.05, 3.63) is 33.8 Å². The van der Waals surface area contributed by atoms with Crippen LogP contribution in [-0.4, -0.2) is 19.8 Å². The van der Waals surface area contributed by atoms with Crippen LogP contribution in [-0.2, 0) is 11.2 Å². The zero-order chi connectivity index (χ0) is 13.3. The lowest BCUT2D eigenvalue weighted by atomic mass is 9.82. The molecule has 19 heavy (non-hydrogen) atoms. The van der Waals surface area contributed by atoms with Crippen molar-refractivity contribution in [2.24, 2.45) is 5.41 Å². The first-order valence-corrected chi connectivity index (χ1v) is 8.06. The van der Waals surface area contributed by atoms with Gasteiger partial charge in [0.15, 0.2) is 0 Å². The fourth-order valence-electron chi connectivity index (χ4n) is 3.23. The SMILES string of the molecule is CC1(CNC2CCc3c(Br)cccc32)CCOCC1. The number of hydrogen-bond donors (Lipinski definition) is 1. The molecule has 1 saturated heterocycles. The Labute approximate surface area is 124 Å². The van der Waals surface area contributed by atoms with Gasteiger partial charge in [0.2, 0.25) is 0 Å². The summed E-state index contributed by atoms with van der Waals surface area (Å²) in [5.74, 6) is 0. The molecule has 0 saturated carbocycles. The first-order chi connectivity index (χ1) is 9.18. The molecule has 2 aliphatic rings. The van der Waals surface area contributed by atoms with Gasteiger partial charge in [0.05, 0.1) is 0 Å². The quantitative estimate of drug-likeness (QED) is 0.912. The summed E-state index contributed by atoms with van der Waals surface area (Å²) in [6, 6.07) is 7.11. The first-order valence-electron chi connectivity index (χ1n) is 7.26. The van der Waals surface area contributed by atoms with Crippen LogP contribution in [0.25, 0.3) is 0 Å². The lowest BCUT2D eigenvalue weighted by Gasteiger charge is -2.34. The van der Waals surface area contributed by atoms with Crippen molar-refractivity contribution in [2.45, 2.75) is 38.6 Å². The van der Waals surface area contributed by atoms with Crippen LogP contribution in [0.15, 0.2) is 22.7 Å². The average molecular weight is 324 g/mol. The lowest BCUT2D eigenvalue weighted by molar-refractivity contribution is 0.0229. The monoisotopic (exact) mass is 323 g/mol. The number of fused-ring (bicyclic) bond motifs is 1. The molecule has 1 fully saturated rings. The molecule has 1 aliphatic heterocycles. The zero-order valence-electron chi connectivity index (χ0n) is 11.5. The predicted molar refractivity (Wildman–Crippen MR) is 81.4 cm³/mol. The van der Waals surface area contributed by atoms with E-state index in [0.717, 1.165) is 19.8 Å². The molecular weight excluding hydrogens is 302 g/mol. The molecule has 1 aromatic rings. The van der Waals surface area contributed by atoms with E-state index >= 15 is 0 Å². The Bertz CT molecular complexity index is 454. The molecule has 2 nitrogen and oxygen atoms in total. The molecule has 1 aromatic carbocycles. The van der Waals surface area contributed by atoms with Gasteiger partial charge >= 0.3 is 0 Å². The fourth-order valence-corrected chi connectivity index (χ4v) is 3.81. The highest BCUT2D eigenvalue weighted by atomic mass is 79.9. The number of halogens is 1. The molecule has 3 heteroatoms. The van der Waals surface area contributed by atoms with Gasteiger partial charge in [-0.3, -0.25) is 0 Å². The lowest BCUT2D eigenvalue weighted by Crippen LogP contribution is -2.37. The van der Waals surface area contributed by atoms with Crippen LogP contribution in [0, 0.1) is 5.41 Å². The van der Waals surface area contributed by atoms with Crippen LogP contribution in [0.5, 0.6) is 0 Å². The van der Waals surface area contributed by atoms with Gasteiger partial charge in [-0.2, -0.15) is 0 Å². The second-order valence-corrected chi connectivity index (χ2v) is 7.06. The molecule has 0 bridgehead atoms. The van der Waals surface area contributed by atoms with Crippen molar-refractivity contribution in [2.75, 3.05) is 19.8 Å². The molecule has 1 N–H and O–H groups in total. The smallest absolute Gasteiger partial charge is 0.0471 e. The van der Waals surface area contributed by atoms with Crippen molar-refractivity contribution in [3.63, 3.8) is 0 Å². The Morgan fingerprint density at radius 3 is 2.95 bits per heavy atom. The Hall–Kier alpha value is -0.380. The highest BCUT2D eigenvalue weighted by Crippen LogP contribution is 2.37. The summed E-state index contributed by atoms with van der Waals surface area (Å²) in [7, 11) is 0. The van der Waals surface area contributed by atoms with E-state index in [1.807, 2.05) is 0 Å². The highest BCUT2D eigenvalue weighted by molar-refractivity contribution is 9.10. The number of rotatable bonds is 3. The van der Waals surface area contributed by atoms with Crippen molar-refractivity contribution in [1.82, 2.24) is 5.32 Å². The van der Waals surface area contributed by atoms with Crippen LogP contribution in [0.1, 0.15) is 43.4 Å². The van der Waals surface area contributed by atoms with Crippen LogP contribution < -0.4 is 5.32 Å². The number of hydrogen-bond acceptors (Lipinski definition) is 2. The summed E-state index contributed by atoms with van der Waals surface area (Å²) < 4.78 is 6.74. The maximum absolute atomic E-state index is 5.47. The second kappa shape index (κ2) is 5.55. The minimum atomic E-state index is 0.410. The molecule has 104 valence electrons. The summed E-state index contributed by atoms with van der Waals surface area (Å²) in [6.07, 6.45) is 4.77. The van der Waals surface area contributed by atoms with E-state index in [0.29, 0.717) is 11.5 Å². The maximum atomic E-state index is 5.47. The number of nitrogens with one attached hydrogen (secondary N) is 1. The van der Waals surface area contributed by atoms with Gasteiger partial charge in [-0.05, 0) is 48.3 Å². The van der Waals surface area contributed by atoms with E-state index in [1.165, 1.54) is 41.3 Å². The number of benzene rings is 1. The zero-order valence-corrected chi connectivity index (χ0v) is 13.1. The molecule has 0 spiro atoms. The van der Waals surface area contributed by atoms with Gasteiger partial charge in [-0.25, -0.2) is 0 Å². The summed E-state index contributed by atoms with van der Waals surface area (Å²) in [6.45, 7) is 5.34. The highest BCUT2D eigenvalue weighted by Gasteiger charge is 2.30. The standard InChI is InChI=1S/C16H22BrNO/c1-16(7-9-19-10-8-16)11-18-15-6-5-12-13(15)3-2-4-14(12)17/h2-4,15,18H,5-11H2,1H3. The van der Waals surface area contributed by atoms with E-state index in [9.17, 15) is 0 Å². The third-order valence-electron chi connectivity index (χ3n) is 4.69. The molecule has 0 amide bonds. The van der Waals surface area contributed by atoms with E-state index in [4.69, 9.17) is 4.74 Å². The molecule has 1 heterocycles. The van der Waals surface area contributed by atoms with Crippen molar-refractivity contribution < 1.29 is 4.74 Å². The molecule has 0 radical (unpaired) electrons. The van der Waals surface area contributed by atoms with Gasteiger partial charge in [-0.1, -0.05) is 35.0 Å². The number of ether oxygens (including phenoxy) is 1. The van der Waals surface area contributed by atoms with Crippen molar-refractivity contribution in [1.29, 1.82) is 0 Å². The Kier molecular flexibility index (Phi) is 3.97. The summed E-state index contributed by atoms with van der Waals surface area (Å²) >= 11 is 3.67. The topological polar surface area (TPSA) is 21.3 Å². The molecular formula is C16H22BrNO. The van der Waals surface area contributed by atoms with E-state index in [-0.39, 0.29) is 0 Å². The third kappa shape index (κ3) is 2.88. The van der Waals surface area contributed by atoms with E-state index in [2.05, 4.69) is 46.4 Å². The van der Waals surface area contributed by atoms with E-state index in [1.54, 1.807) is 0 Å². The largest absolute Gasteiger partial charge is 0.381 e. The summed E-state index contributed by atoms with van der Waals surface area (Å²) in [5, 5.41) is 3.80. The third-order valence-corrected chi connectivity index (χ3v) is 5.43. The Morgan fingerprint density at radius 1 is 1.37 bits per heavy atom. The van der Waals surface area contributed by atoms with Crippen LogP contribution in [0.4, 0.5) is 0 Å². The van der Waals surface area contributed by atoms with Gasteiger partial charge in [-0.15, -0.1) is 0 Å². The van der Waals surface area contributed by atoms with Crippen molar-refractivity contribution >= 4 is 15.9 Å². The molecule has 1 unspecified atom stereocenters. The van der Waals surface area contributed by atoms with Crippen molar-refractivity contribution in [3.8, 4) is 0 Å². The minimum Gasteiger partial charge on any atom is -0.381 e. The van der Waals surface area contributed by atoms with Crippen LogP contribution in [0.3, 0.4) is 0 Å². The summed E-state index contributed by atoms with van der Waals surface area (Å²) in [4.78, 5) is 0. The van der Waals surface area contributed by atoms with E-state index < -0.39 is 0 Å². The molecule has 0 aromatic heterocycles. The molecule has 3 rings (SSSR count). The minimum absolute atomic E-state index is 0.410. The molecule has 1 atom stereocenters. The van der Waals surface area contributed by atoms with Gasteiger partial charge in [0.1, 0.15) is 0 Å². The fraction of sp³-hybridized carbons (Fsp3) is 0.625. The maximum Gasteiger partial charge on any atom is 0.0471 e. The van der Waals surface area contributed by atoms with Gasteiger partial charge < -0.3 is 10.1 Å². The second-order valence-electron chi connectivity index (χ2n) is 6.20.